The van der Waals surface area contributed by atoms with Gasteiger partial charge >= 0.3 is 0 Å². The van der Waals surface area contributed by atoms with E-state index >= 15 is 0 Å². The molecule has 1 aromatic heterocycles. The van der Waals surface area contributed by atoms with E-state index in [0.717, 1.165) is 24.4 Å². The molecule has 0 bridgehead atoms. The number of ether oxygens (including phenoxy) is 2. The summed E-state index contributed by atoms with van der Waals surface area (Å²) in [6, 6.07) is 10.00. The monoisotopic (exact) mass is 291 g/mol. The van der Waals surface area contributed by atoms with Crippen LogP contribution >= 0.6 is 12.2 Å². The van der Waals surface area contributed by atoms with Crippen molar-refractivity contribution in [2.45, 2.75) is 18.6 Å². The molecule has 1 aliphatic rings. The number of nitrogens with zero attached hydrogens (tertiary/aromatic N) is 2. The minimum absolute atomic E-state index is 0.314. The van der Waals surface area contributed by atoms with Crippen LogP contribution in [0.3, 0.4) is 0 Å². The standard InChI is InChI=1S/C14H17N3O2S/c1-18-14(7-8-19-10-14)9-17-12(15-16-13(17)20)11-5-3-2-4-6-11/h2-6H,7-10H2,1H3,(H,16,20). The van der Waals surface area contributed by atoms with Gasteiger partial charge in [-0.05, 0) is 12.2 Å². The molecule has 106 valence electrons. The average Bonchev–Trinajstić information content (AvgIpc) is 3.09. The summed E-state index contributed by atoms with van der Waals surface area (Å²) in [5, 5.41) is 7.21. The number of hydrogen-bond acceptors (Lipinski definition) is 4. The Kier molecular flexibility index (Phi) is 3.69. The van der Waals surface area contributed by atoms with Gasteiger partial charge in [0.05, 0.1) is 13.2 Å². The maximum atomic E-state index is 5.68. The molecule has 0 spiro atoms. The predicted molar refractivity (Wildman–Crippen MR) is 78.0 cm³/mol. The molecule has 1 unspecified atom stereocenters. The summed E-state index contributed by atoms with van der Waals surface area (Å²) in [6.45, 7) is 1.95. The van der Waals surface area contributed by atoms with E-state index in [1.165, 1.54) is 0 Å². The van der Waals surface area contributed by atoms with Gasteiger partial charge in [-0.3, -0.25) is 9.67 Å². The van der Waals surface area contributed by atoms with Gasteiger partial charge in [-0.1, -0.05) is 30.3 Å². The van der Waals surface area contributed by atoms with E-state index in [-0.39, 0.29) is 5.60 Å². The van der Waals surface area contributed by atoms with Gasteiger partial charge in [0.2, 0.25) is 0 Å². The van der Waals surface area contributed by atoms with E-state index in [0.29, 0.717) is 17.9 Å². The van der Waals surface area contributed by atoms with Crippen molar-refractivity contribution in [2.75, 3.05) is 20.3 Å². The maximum absolute atomic E-state index is 5.68. The Balaban J connectivity index is 1.98. The molecule has 5 nitrogen and oxygen atoms in total. The van der Waals surface area contributed by atoms with Crippen LogP contribution in [0.2, 0.25) is 0 Å². The lowest BCUT2D eigenvalue weighted by Gasteiger charge is -2.26. The normalized spacial score (nSPS) is 22.2. The Morgan fingerprint density at radius 2 is 2.25 bits per heavy atom. The van der Waals surface area contributed by atoms with Crippen molar-refractivity contribution in [2.24, 2.45) is 0 Å². The number of aromatic amines is 1. The zero-order chi connectivity index (χ0) is 14.0. The molecule has 3 rings (SSSR count). The quantitative estimate of drug-likeness (QED) is 0.879. The van der Waals surface area contributed by atoms with Crippen molar-refractivity contribution in [1.82, 2.24) is 14.8 Å². The summed E-state index contributed by atoms with van der Waals surface area (Å²) in [6.07, 6.45) is 0.866. The van der Waals surface area contributed by atoms with Gasteiger partial charge in [0.1, 0.15) is 5.60 Å². The molecule has 1 aromatic carbocycles. The molecule has 6 heteroatoms. The van der Waals surface area contributed by atoms with Crippen molar-refractivity contribution in [1.29, 1.82) is 0 Å². The summed E-state index contributed by atoms with van der Waals surface area (Å²) in [4.78, 5) is 0. The van der Waals surface area contributed by atoms with Gasteiger partial charge in [0, 0.05) is 25.7 Å². The Hall–Kier alpha value is -1.50. The molecule has 2 heterocycles. The van der Waals surface area contributed by atoms with Crippen molar-refractivity contribution >= 4 is 12.2 Å². The summed E-state index contributed by atoms with van der Waals surface area (Å²) in [5.74, 6) is 0.832. The van der Waals surface area contributed by atoms with Crippen molar-refractivity contribution in [3.05, 3.63) is 35.1 Å². The molecule has 1 atom stereocenters. The van der Waals surface area contributed by atoms with Gasteiger partial charge in [0.15, 0.2) is 10.6 Å². The van der Waals surface area contributed by atoms with Crippen molar-refractivity contribution in [3.63, 3.8) is 0 Å². The predicted octanol–water partition coefficient (Wildman–Crippen LogP) is 2.41. The van der Waals surface area contributed by atoms with Gasteiger partial charge in [0.25, 0.3) is 0 Å². The van der Waals surface area contributed by atoms with Crippen molar-refractivity contribution in [3.8, 4) is 11.4 Å². The van der Waals surface area contributed by atoms with E-state index in [1.54, 1.807) is 7.11 Å². The summed E-state index contributed by atoms with van der Waals surface area (Å²) >= 11 is 5.35. The molecule has 0 saturated carbocycles. The van der Waals surface area contributed by atoms with Crippen LogP contribution in [0.5, 0.6) is 0 Å². The highest BCUT2D eigenvalue weighted by Crippen LogP contribution is 2.27. The van der Waals surface area contributed by atoms with Gasteiger partial charge in [-0.15, -0.1) is 0 Å². The van der Waals surface area contributed by atoms with Crippen LogP contribution in [0.4, 0.5) is 0 Å². The minimum Gasteiger partial charge on any atom is -0.378 e. The first kappa shape index (κ1) is 13.5. The van der Waals surface area contributed by atoms with E-state index in [4.69, 9.17) is 21.7 Å². The molecule has 1 fully saturated rings. The topological polar surface area (TPSA) is 52.1 Å². The molecule has 2 aromatic rings. The number of aromatic nitrogens is 3. The molecule has 1 saturated heterocycles. The number of nitrogens with one attached hydrogen (secondary N) is 1. The number of hydrogen-bond donors (Lipinski definition) is 1. The third-order valence-electron chi connectivity index (χ3n) is 3.74. The van der Waals surface area contributed by atoms with Crippen LogP contribution < -0.4 is 0 Å². The summed E-state index contributed by atoms with van der Waals surface area (Å²) in [7, 11) is 1.72. The lowest BCUT2D eigenvalue weighted by molar-refractivity contribution is -0.0295. The highest BCUT2D eigenvalue weighted by molar-refractivity contribution is 7.71. The van der Waals surface area contributed by atoms with E-state index < -0.39 is 0 Å². The van der Waals surface area contributed by atoms with Gasteiger partial charge < -0.3 is 9.47 Å². The fourth-order valence-electron chi connectivity index (χ4n) is 2.50. The molecule has 0 aliphatic carbocycles. The average molecular weight is 291 g/mol. The number of rotatable bonds is 4. The largest absolute Gasteiger partial charge is 0.378 e. The Bertz CT molecular complexity index is 629. The molecule has 1 N–H and O–H groups in total. The summed E-state index contributed by atoms with van der Waals surface area (Å²) < 4.78 is 13.8. The highest BCUT2D eigenvalue weighted by atomic mass is 32.1. The van der Waals surface area contributed by atoms with Crippen LogP contribution in [-0.2, 0) is 16.0 Å². The SMILES string of the molecule is COC1(Cn2c(-c3ccccc3)n[nH]c2=S)CCOC1. The molecule has 0 amide bonds. The first-order valence-corrected chi connectivity index (χ1v) is 6.98. The second-order valence-corrected chi connectivity index (χ2v) is 5.38. The Labute approximate surface area is 122 Å². The zero-order valence-corrected chi connectivity index (χ0v) is 12.2. The molecule has 20 heavy (non-hydrogen) atoms. The van der Waals surface area contributed by atoms with Crippen LogP contribution in [0.15, 0.2) is 30.3 Å². The molecule has 0 radical (unpaired) electrons. The van der Waals surface area contributed by atoms with E-state index in [2.05, 4.69) is 10.2 Å². The summed E-state index contributed by atoms with van der Waals surface area (Å²) in [5.41, 5.74) is 0.719. The second kappa shape index (κ2) is 5.47. The van der Waals surface area contributed by atoms with Crippen LogP contribution in [-0.4, -0.2) is 40.7 Å². The highest BCUT2D eigenvalue weighted by Gasteiger charge is 2.36. The van der Waals surface area contributed by atoms with Crippen LogP contribution in [0, 0.1) is 4.77 Å². The van der Waals surface area contributed by atoms with Gasteiger partial charge in [-0.25, -0.2) is 0 Å². The third kappa shape index (κ3) is 2.42. The first-order chi connectivity index (χ1) is 9.74. The lowest BCUT2D eigenvalue weighted by Crippen LogP contribution is -2.37. The van der Waals surface area contributed by atoms with Crippen LogP contribution in [0.25, 0.3) is 11.4 Å². The van der Waals surface area contributed by atoms with E-state index in [1.807, 2.05) is 34.9 Å². The Morgan fingerprint density at radius 3 is 2.90 bits per heavy atom. The maximum Gasteiger partial charge on any atom is 0.195 e. The molecular formula is C14H17N3O2S. The first-order valence-electron chi connectivity index (χ1n) is 6.58. The fourth-order valence-corrected chi connectivity index (χ4v) is 2.70. The smallest absolute Gasteiger partial charge is 0.195 e. The second-order valence-electron chi connectivity index (χ2n) is 4.99. The molecular weight excluding hydrogens is 274 g/mol. The number of methoxy groups -OCH3 is 1. The molecule has 1 aliphatic heterocycles. The number of benzene rings is 1. The minimum atomic E-state index is -0.314. The van der Waals surface area contributed by atoms with Crippen molar-refractivity contribution < 1.29 is 9.47 Å². The van der Waals surface area contributed by atoms with Gasteiger partial charge in [-0.2, -0.15) is 5.10 Å². The third-order valence-corrected chi connectivity index (χ3v) is 4.05. The van der Waals surface area contributed by atoms with E-state index in [9.17, 15) is 0 Å². The fraction of sp³-hybridized carbons (Fsp3) is 0.429. The zero-order valence-electron chi connectivity index (χ0n) is 11.3. The van der Waals surface area contributed by atoms with Crippen LogP contribution in [0.1, 0.15) is 6.42 Å². The lowest BCUT2D eigenvalue weighted by atomic mass is 10.0. The Morgan fingerprint density at radius 1 is 1.45 bits per heavy atom. The number of H-pyrrole nitrogens is 1.